The van der Waals surface area contributed by atoms with Crippen LogP contribution in [0.4, 0.5) is 0 Å². The van der Waals surface area contributed by atoms with Gasteiger partial charge in [-0.05, 0) is 65.2 Å². The summed E-state index contributed by atoms with van der Waals surface area (Å²) in [6.45, 7) is 11.0. The lowest BCUT2D eigenvalue weighted by molar-refractivity contribution is -0.156. The molecular formula is C26H34N2O5. The lowest BCUT2D eigenvalue weighted by Gasteiger charge is -2.24. The number of aromatic nitrogens is 1. The van der Waals surface area contributed by atoms with E-state index in [1.54, 1.807) is 6.07 Å². The van der Waals surface area contributed by atoms with Crippen molar-refractivity contribution in [2.24, 2.45) is 0 Å². The van der Waals surface area contributed by atoms with Gasteiger partial charge in [0.25, 0.3) is 0 Å². The van der Waals surface area contributed by atoms with Crippen molar-refractivity contribution in [1.29, 1.82) is 0 Å². The van der Waals surface area contributed by atoms with E-state index >= 15 is 0 Å². The van der Waals surface area contributed by atoms with Gasteiger partial charge in [-0.1, -0.05) is 24.3 Å². The van der Waals surface area contributed by atoms with Gasteiger partial charge in [0.15, 0.2) is 0 Å². The largest absolute Gasteiger partial charge is 0.459 e. The van der Waals surface area contributed by atoms with E-state index < -0.39 is 11.2 Å². The number of esters is 1. The molecule has 178 valence electrons. The normalized spacial score (nSPS) is 15.7. The minimum atomic E-state index is -0.537. The summed E-state index contributed by atoms with van der Waals surface area (Å²) in [5.74, 6) is -0.635. The highest BCUT2D eigenvalue weighted by molar-refractivity contribution is 6.08. The van der Waals surface area contributed by atoms with E-state index in [-0.39, 0.29) is 17.7 Å². The third-order valence-electron chi connectivity index (χ3n) is 5.65. The highest BCUT2D eigenvalue weighted by Gasteiger charge is 2.34. The molecular weight excluding hydrogens is 420 g/mol. The van der Waals surface area contributed by atoms with Gasteiger partial charge < -0.3 is 19.4 Å². The molecule has 0 bridgehead atoms. The Morgan fingerprint density at radius 3 is 2.42 bits per heavy atom. The van der Waals surface area contributed by atoms with Crippen molar-refractivity contribution in [3.8, 4) is 0 Å². The van der Waals surface area contributed by atoms with Crippen molar-refractivity contribution in [1.82, 2.24) is 9.88 Å². The number of ketones is 1. The first-order valence-corrected chi connectivity index (χ1v) is 11.4. The van der Waals surface area contributed by atoms with Crippen LogP contribution >= 0.6 is 0 Å². The van der Waals surface area contributed by atoms with Crippen molar-refractivity contribution < 1.29 is 23.9 Å². The SMILES string of the molecule is CC(C)(C)OC(=O)[C@H]1CCn2c(C(=O)c3ccc(CCOC(C)(C)CNC=O)cc3)ccc21. The monoisotopic (exact) mass is 454 g/mol. The number of hydrogen-bond donors (Lipinski definition) is 1. The molecule has 0 fully saturated rings. The molecule has 1 aromatic heterocycles. The second-order valence-electron chi connectivity index (χ2n) is 10.1. The predicted molar refractivity (Wildman–Crippen MR) is 125 cm³/mol. The number of nitrogens with one attached hydrogen (secondary N) is 1. The van der Waals surface area contributed by atoms with E-state index in [0.29, 0.717) is 50.2 Å². The fraction of sp³-hybridized carbons (Fsp3) is 0.500. The molecule has 3 rings (SSSR count). The summed E-state index contributed by atoms with van der Waals surface area (Å²) in [7, 11) is 0. The Balaban J connectivity index is 1.62. The zero-order chi connectivity index (χ0) is 24.2. The third-order valence-corrected chi connectivity index (χ3v) is 5.65. The maximum absolute atomic E-state index is 13.1. The van der Waals surface area contributed by atoms with Gasteiger partial charge >= 0.3 is 5.97 Å². The van der Waals surface area contributed by atoms with Crippen LogP contribution < -0.4 is 5.32 Å². The first-order valence-electron chi connectivity index (χ1n) is 11.4. The van der Waals surface area contributed by atoms with Crippen molar-refractivity contribution >= 4 is 18.2 Å². The Kier molecular flexibility index (Phi) is 7.42. The van der Waals surface area contributed by atoms with Gasteiger partial charge in [-0.3, -0.25) is 14.4 Å². The molecule has 1 aliphatic rings. The summed E-state index contributed by atoms with van der Waals surface area (Å²) < 4.78 is 13.3. The molecule has 0 unspecified atom stereocenters. The van der Waals surface area contributed by atoms with Gasteiger partial charge in [0, 0.05) is 24.3 Å². The summed E-state index contributed by atoms with van der Waals surface area (Å²) in [5.41, 5.74) is 2.13. The van der Waals surface area contributed by atoms with Crippen LogP contribution in [0.25, 0.3) is 0 Å². The fourth-order valence-electron chi connectivity index (χ4n) is 4.01. The van der Waals surface area contributed by atoms with Gasteiger partial charge in [-0.15, -0.1) is 0 Å². The Hall–Kier alpha value is -2.93. The average molecular weight is 455 g/mol. The molecule has 1 atom stereocenters. The highest BCUT2D eigenvalue weighted by Crippen LogP contribution is 2.33. The summed E-state index contributed by atoms with van der Waals surface area (Å²) in [6.07, 6.45) is 2.01. The minimum absolute atomic E-state index is 0.0602. The number of nitrogens with zero attached hydrogens (tertiary/aromatic N) is 1. The summed E-state index contributed by atoms with van der Waals surface area (Å²) in [4.78, 5) is 36.2. The smallest absolute Gasteiger partial charge is 0.315 e. The van der Waals surface area contributed by atoms with Crippen LogP contribution in [0.1, 0.15) is 74.3 Å². The maximum Gasteiger partial charge on any atom is 0.315 e. The number of rotatable bonds is 10. The second-order valence-corrected chi connectivity index (χ2v) is 10.1. The molecule has 0 saturated heterocycles. The summed E-state index contributed by atoms with van der Waals surface area (Å²) >= 11 is 0. The lowest BCUT2D eigenvalue weighted by Crippen LogP contribution is -2.37. The number of carbonyl (C=O) groups excluding carboxylic acids is 3. The van der Waals surface area contributed by atoms with E-state index in [0.717, 1.165) is 11.3 Å². The van der Waals surface area contributed by atoms with Crippen LogP contribution in [0.2, 0.25) is 0 Å². The van der Waals surface area contributed by atoms with Gasteiger partial charge in [-0.25, -0.2) is 0 Å². The zero-order valence-corrected chi connectivity index (χ0v) is 20.1. The molecule has 0 spiro atoms. The van der Waals surface area contributed by atoms with E-state index in [1.807, 2.05) is 69.5 Å². The van der Waals surface area contributed by atoms with Crippen molar-refractivity contribution in [3.05, 3.63) is 58.9 Å². The number of hydrogen-bond acceptors (Lipinski definition) is 5. The minimum Gasteiger partial charge on any atom is -0.459 e. The molecule has 7 heteroatoms. The van der Waals surface area contributed by atoms with Crippen LogP contribution in [-0.4, -0.2) is 47.1 Å². The second kappa shape index (κ2) is 9.91. The standard InChI is InChI=1S/C26H34N2O5/c1-25(2,3)33-24(31)20-12-14-28-21(20)10-11-22(28)23(30)19-8-6-18(7-9-19)13-15-32-26(4,5)16-27-17-29/h6-11,17,20H,12-16H2,1-5H3,(H,27,29)/t20-/m0/s1. The molecule has 7 nitrogen and oxygen atoms in total. The van der Waals surface area contributed by atoms with Gasteiger partial charge in [-0.2, -0.15) is 0 Å². The number of amides is 1. The summed E-state index contributed by atoms with van der Waals surface area (Å²) in [5, 5.41) is 2.64. The van der Waals surface area contributed by atoms with Crippen LogP contribution in [0, 0.1) is 0 Å². The van der Waals surface area contributed by atoms with Gasteiger partial charge in [0.1, 0.15) is 5.60 Å². The van der Waals surface area contributed by atoms with Crippen molar-refractivity contribution in [2.45, 2.75) is 71.1 Å². The molecule has 2 aromatic rings. The third kappa shape index (κ3) is 6.32. The Morgan fingerprint density at radius 2 is 1.79 bits per heavy atom. The van der Waals surface area contributed by atoms with Crippen molar-refractivity contribution in [2.75, 3.05) is 13.2 Å². The molecule has 1 amide bonds. The molecule has 2 heterocycles. The fourth-order valence-corrected chi connectivity index (χ4v) is 4.01. The first-order chi connectivity index (χ1) is 15.5. The van der Waals surface area contributed by atoms with Crippen LogP contribution in [0.5, 0.6) is 0 Å². The van der Waals surface area contributed by atoms with E-state index in [2.05, 4.69) is 5.32 Å². The zero-order valence-electron chi connectivity index (χ0n) is 20.1. The number of carbonyl (C=O) groups is 3. The molecule has 33 heavy (non-hydrogen) atoms. The number of benzene rings is 1. The molecule has 0 saturated carbocycles. The van der Waals surface area contributed by atoms with E-state index in [9.17, 15) is 14.4 Å². The first kappa shape index (κ1) is 24.7. The number of fused-ring (bicyclic) bond motifs is 1. The maximum atomic E-state index is 13.1. The number of ether oxygens (including phenoxy) is 2. The van der Waals surface area contributed by atoms with Crippen LogP contribution in [-0.2, 0) is 32.0 Å². The molecule has 0 radical (unpaired) electrons. The van der Waals surface area contributed by atoms with Crippen LogP contribution in [0.15, 0.2) is 36.4 Å². The Labute approximate surface area is 195 Å². The predicted octanol–water partition coefficient (Wildman–Crippen LogP) is 3.63. The van der Waals surface area contributed by atoms with Gasteiger partial charge in [0.2, 0.25) is 12.2 Å². The molecule has 1 aliphatic heterocycles. The summed E-state index contributed by atoms with van der Waals surface area (Å²) in [6, 6.07) is 11.2. The topological polar surface area (TPSA) is 86.6 Å². The Morgan fingerprint density at radius 1 is 1.09 bits per heavy atom. The quantitative estimate of drug-likeness (QED) is 0.337. The van der Waals surface area contributed by atoms with E-state index in [1.165, 1.54) is 0 Å². The molecule has 1 aromatic carbocycles. The Bertz CT molecular complexity index is 999. The van der Waals surface area contributed by atoms with Crippen LogP contribution in [0.3, 0.4) is 0 Å². The lowest BCUT2D eigenvalue weighted by atomic mass is 10.0. The van der Waals surface area contributed by atoms with E-state index in [4.69, 9.17) is 9.47 Å². The average Bonchev–Trinajstić information content (AvgIpc) is 3.33. The molecule has 0 aliphatic carbocycles. The molecule has 1 N–H and O–H groups in total. The van der Waals surface area contributed by atoms with Gasteiger partial charge in [0.05, 0.1) is 23.8 Å². The van der Waals surface area contributed by atoms with Crippen molar-refractivity contribution in [3.63, 3.8) is 0 Å². The highest BCUT2D eigenvalue weighted by atomic mass is 16.6.